The number of rotatable bonds is 9. The summed E-state index contributed by atoms with van der Waals surface area (Å²) in [5, 5.41) is 38.3. The van der Waals surface area contributed by atoms with E-state index in [-0.39, 0.29) is 0 Å². The molecule has 10 heteroatoms. The molecule has 1 saturated carbocycles. The first-order valence-corrected chi connectivity index (χ1v) is 12.7. The van der Waals surface area contributed by atoms with Gasteiger partial charge in [0.05, 0.1) is 19.0 Å². The third-order valence-corrected chi connectivity index (χ3v) is 7.70. The maximum Gasteiger partial charge on any atom is 0.336 e. The molecule has 0 amide bonds. The summed E-state index contributed by atoms with van der Waals surface area (Å²) in [6, 6.07) is 11.2. The zero-order valence-corrected chi connectivity index (χ0v) is 21.5. The Morgan fingerprint density at radius 2 is 1.65 bits per heavy atom. The second kappa shape index (κ2) is 11.9. The molecule has 1 spiro atoms. The van der Waals surface area contributed by atoms with E-state index < -0.39 is 36.4 Å². The summed E-state index contributed by atoms with van der Waals surface area (Å²) in [5.74, 6) is -4.32. The van der Waals surface area contributed by atoms with Crippen LogP contribution in [0, 0.1) is 12.3 Å². The van der Waals surface area contributed by atoms with Crippen LogP contribution < -0.4 is 0 Å². The Morgan fingerprint density at radius 3 is 2.14 bits per heavy atom. The molecule has 1 atom stereocenters. The topological polar surface area (TPSA) is 153 Å². The van der Waals surface area contributed by atoms with Crippen molar-refractivity contribution >= 4 is 17.9 Å². The van der Waals surface area contributed by atoms with Gasteiger partial charge < -0.3 is 20.4 Å². The molecule has 1 unspecified atom stereocenters. The van der Waals surface area contributed by atoms with Gasteiger partial charge in [0.2, 0.25) is 0 Å². The Labute approximate surface area is 216 Å². The van der Waals surface area contributed by atoms with Crippen LogP contribution in [-0.2, 0) is 27.5 Å². The zero-order valence-electron chi connectivity index (χ0n) is 21.5. The molecule has 1 aromatic carbocycles. The number of carboxylic acid groups (broad SMARTS) is 3. The van der Waals surface area contributed by atoms with Crippen LogP contribution in [0.4, 0.5) is 0 Å². The third-order valence-electron chi connectivity index (χ3n) is 7.70. The first kappa shape index (κ1) is 28.3. The van der Waals surface area contributed by atoms with Gasteiger partial charge in [0.15, 0.2) is 5.60 Å². The molecule has 0 radical (unpaired) electrons. The lowest BCUT2D eigenvalue weighted by atomic mass is 9.73. The molecule has 2 aromatic rings. The summed E-state index contributed by atoms with van der Waals surface area (Å²) in [5.41, 5.74) is 2.05. The van der Waals surface area contributed by atoms with E-state index in [1.807, 2.05) is 0 Å². The molecular formula is C27H37N3O7. The standard InChI is InChI=1S/C21H29N3.C6H8O7/c1-3-24-17(2)19(13-22-24)14-23-15-20(18-9-5-4-6-10-18)21(16-23)11-7-8-12-21;7-3(8)1-6(13,5(11)12)2-4(9)10/h4-6,9-10,13,20H,3,7-8,11-12,14-16H2,1-2H3;13H,1-2H2,(H,7,8)(H,9,10)(H,11,12). The molecule has 202 valence electrons. The van der Waals surface area contributed by atoms with Crippen LogP contribution in [0.15, 0.2) is 36.5 Å². The number of nitrogens with zero attached hydrogens (tertiary/aromatic N) is 3. The predicted octanol–water partition coefficient (Wildman–Crippen LogP) is 3.12. The second-order valence-corrected chi connectivity index (χ2v) is 10.3. The largest absolute Gasteiger partial charge is 0.481 e. The van der Waals surface area contributed by atoms with E-state index in [9.17, 15) is 14.4 Å². The van der Waals surface area contributed by atoms with Gasteiger partial charge in [-0.2, -0.15) is 5.10 Å². The first-order valence-electron chi connectivity index (χ1n) is 12.7. The molecule has 0 bridgehead atoms. The van der Waals surface area contributed by atoms with Crippen LogP contribution in [0.25, 0.3) is 0 Å². The number of aryl methyl sites for hydroxylation is 1. The van der Waals surface area contributed by atoms with E-state index in [4.69, 9.17) is 20.4 Å². The molecule has 1 aromatic heterocycles. The van der Waals surface area contributed by atoms with Crippen molar-refractivity contribution in [2.24, 2.45) is 5.41 Å². The zero-order chi connectivity index (χ0) is 27.2. The number of aromatic nitrogens is 2. The summed E-state index contributed by atoms with van der Waals surface area (Å²) in [7, 11) is 0. The van der Waals surface area contributed by atoms with Crippen molar-refractivity contribution in [2.75, 3.05) is 13.1 Å². The highest BCUT2D eigenvalue weighted by Gasteiger charge is 2.48. The van der Waals surface area contributed by atoms with Crippen molar-refractivity contribution in [3.63, 3.8) is 0 Å². The van der Waals surface area contributed by atoms with Gasteiger partial charge in [0, 0.05) is 43.4 Å². The molecule has 1 aliphatic carbocycles. The van der Waals surface area contributed by atoms with Gasteiger partial charge in [-0.05, 0) is 37.7 Å². The van der Waals surface area contributed by atoms with Gasteiger partial charge in [-0.15, -0.1) is 0 Å². The molecule has 4 rings (SSSR count). The summed E-state index contributed by atoms with van der Waals surface area (Å²) in [6.07, 6.45) is 5.40. The van der Waals surface area contributed by atoms with E-state index in [1.54, 1.807) is 5.56 Å². The van der Waals surface area contributed by atoms with Crippen molar-refractivity contribution in [1.29, 1.82) is 0 Å². The van der Waals surface area contributed by atoms with E-state index in [2.05, 4.69) is 65.1 Å². The minimum atomic E-state index is -2.74. The highest BCUT2D eigenvalue weighted by molar-refractivity contribution is 5.88. The van der Waals surface area contributed by atoms with Crippen LogP contribution in [-0.4, -0.2) is 71.7 Å². The number of likely N-dealkylation sites (tertiary alicyclic amines) is 1. The lowest BCUT2D eigenvalue weighted by Gasteiger charge is -2.30. The van der Waals surface area contributed by atoms with Gasteiger partial charge in [0.25, 0.3) is 0 Å². The minimum Gasteiger partial charge on any atom is -0.481 e. The average Bonchev–Trinajstić information content (AvgIpc) is 3.54. The van der Waals surface area contributed by atoms with Crippen molar-refractivity contribution in [2.45, 2.75) is 77.0 Å². The Balaban J connectivity index is 0.000000251. The summed E-state index contributed by atoms with van der Waals surface area (Å²) in [4.78, 5) is 33.2. The Bertz CT molecular complexity index is 1080. The fourth-order valence-corrected chi connectivity index (χ4v) is 5.84. The van der Waals surface area contributed by atoms with E-state index in [1.165, 1.54) is 50.0 Å². The molecular weight excluding hydrogens is 478 g/mol. The number of carboxylic acids is 3. The normalized spacial score (nSPS) is 18.9. The molecule has 1 saturated heterocycles. The first-order chi connectivity index (χ1) is 17.5. The highest BCUT2D eigenvalue weighted by Crippen LogP contribution is 2.53. The summed E-state index contributed by atoms with van der Waals surface area (Å²) in [6.45, 7) is 8.84. The highest BCUT2D eigenvalue weighted by atomic mass is 16.4. The van der Waals surface area contributed by atoms with Gasteiger partial charge in [-0.3, -0.25) is 19.2 Å². The number of hydrogen-bond acceptors (Lipinski definition) is 6. The quantitative estimate of drug-likeness (QED) is 0.394. The van der Waals surface area contributed by atoms with Crippen molar-refractivity contribution in [3.8, 4) is 0 Å². The molecule has 2 fully saturated rings. The van der Waals surface area contributed by atoms with Crippen molar-refractivity contribution in [1.82, 2.24) is 14.7 Å². The fourth-order valence-electron chi connectivity index (χ4n) is 5.84. The van der Waals surface area contributed by atoms with Crippen LogP contribution in [0.3, 0.4) is 0 Å². The Hall–Kier alpha value is -3.24. The van der Waals surface area contributed by atoms with Gasteiger partial charge >= 0.3 is 17.9 Å². The van der Waals surface area contributed by atoms with E-state index >= 15 is 0 Å². The molecule has 37 heavy (non-hydrogen) atoms. The maximum atomic E-state index is 10.3. The number of aliphatic carboxylic acids is 3. The number of benzene rings is 1. The van der Waals surface area contributed by atoms with Gasteiger partial charge in [0.1, 0.15) is 0 Å². The SMILES string of the molecule is CCn1ncc(CN2CC(c3ccccc3)C3(CCCC3)C2)c1C.O=C(O)CC(O)(CC(=O)O)C(=O)O. The third kappa shape index (κ3) is 6.75. The van der Waals surface area contributed by atoms with Gasteiger partial charge in [-0.1, -0.05) is 43.2 Å². The van der Waals surface area contributed by atoms with E-state index in [0.29, 0.717) is 11.3 Å². The Morgan fingerprint density at radius 1 is 1.05 bits per heavy atom. The molecule has 10 nitrogen and oxygen atoms in total. The van der Waals surface area contributed by atoms with Crippen molar-refractivity contribution in [3.05, 3.63) is 53.3 Å². The van der Waals surface area contributed by atoms with Crippen LogP contribution in [0.5, 0.6) is 0 Å². The summed E-state index contributed by atoms with van der Waals surface area (Å²) >= 11 is 0. The molecule has 2 aliphatic rings. The minimum absolute atomic E-state index is 0.510. The lowest BCUT2D eigenvalue weighted by molar-refractivity contribution is -0.170. The molecule has 2 heterocycles. The van der Waals surface area contributed by atoms with E-state index in [0.717, 1.165) is 13.1 Å². The molecule has 1 aliphatic heterocycles. The average molecular weight is 516 g/mol. The maximum absolute atomic E-state index is 10.3. The number of carbonyl (C=O) groups is 3. The smallest absolute Gasteiger partial charge is 0.336 e. The Kier molecular flexibility index (Phi) is 9.09. The monoisotopic (exact) mass is 515 g/mol. The van der Waals surface area contributed by atoms with Crippen LogP contribution in [0.1, 0.15) is 68.2 Å². The molecule has 4 N–H and O–H groups in total. The second-order valence-electron chi connectivity index (χ2n) is 10.3. The van der Waals surface area contributed by atoms with Crippen LogP contribution >= 0.6 is 0 Å². The fraction of sp³-hybridized carbons (Fsp3) is 0.556. The summed E-state index contributed by atoms with van der Waals surface area (Å²) < 4.78 is 2.12. The number of aliphatic hydroxyl groups is 1. The predicted molar refractivity (Wildman–Crippen MR) is 135 cm³/mol. The number of hydrogen-bond donors (Lipinski definition) is 4. The van der Waals surface area contributed by atoms with Crippen LogP contribution in [0.2, 0.25) is 0 Å². The van der Waals surface area contributed by atoms with Gasteiger partial charge in [-0.25, -0.2) is 4.79 Å². The lowest BCUT2D eigenvalue weighted by Crippen LogP contribution is -2.42. The van der Waals surface area contributed by atoms with Crippen molar-refractivity contribution < 1.29 is 34.8 Å².